The predicted octanol–water partition coefficient (Wildman–Crippen LogP) is 0.717. The quantitative estimate of drug-likeness (QED) is 0.684. The van der Waals surface area contributed by atoms with Gasteiger partial charge in [0.25, 0.3) is 0 Å². The van der Waals surface area contributed by atoms with E-state index in [0.29, 0.717) is 0 Å². The molecule has 4 heteroatoms. The van der Waals surface area contributed by atoms with Crippen molar-refractivity contribution in [3.8, 4) is 0 Å². The monoisotopic (exact) mass is 183 g/mol. The second kappa shape index (κ2) is 4.99. The van der Waals surface area contributed by atoms with Gasteiger partial charge in [-0.05, 0) is 6.92 Å². The lowest BCUT2D eigenvalue weighted by molar-refractivity contribution is 0.196. The number of hydrogen-bond donors (Lipinski definition) is 1. The van der Waals surface area contributed by atoms with Crippen molar-refractivity contribution in [1.82, 2.24) is 14.9 Å². The van der Waals surface area contributed by atoms with Crippen LogP contribution in [-0.2, 0) is 11.8 Å². The largest absolute Gasteiger partial charge is 0.383 e. The van der Waals surface area contributed by atoms with Gasteiger partial charge in [0.2, 0.25) is 0 Å². The number of nitrogens with zero attached hydrogens (tertiary/aromatic N) is 2. The second-order valence-corrected chi connectivity index (χ2v) is 3.06. The maximum Gasteiger partial charge on any atom is 0.125 e. The van der Waals surface area contributed by atoms with Gasteiger partial charge < -0.3 is 14.6 Å². The third kappa shape index (κ3) is 2.82. The average molecular weight is 183 g/mol. The molecule has 1 N–H and O–H groups in total. The van der Waals surface area contributed by atoms with E-state index in [0.717, 1.165) is 19.0 Å². The Kier molecular flexibility index (Phi) is 3.92. The highest BCUT2D eigenvalue weighted by Gasteiger charge is 2.07. The molecule has 0 aliphatic heterocycles. The summed E-state index contributed by atoms with van der Waals surface area (Å²) in [5, 5.41) is 3.32. The SMILES string of the molecule is COCCNC(C)c1nccn1C. The Morgan fingerprint density at radius 2 is 2.46 bits per heavy atom. The summed E-state index contributed by atoms with van der Waals surface area (Å²) in [5.74, 6) is 1.05. The summed E-state index contributed by atoms with van der Waals surface area (Å²) in [5.41, 5.74) is 0. The zero-order valence-corrected chi connectivity index (χ0v) is 8.45. The van der Waals surface area contributed by atoms with Crippen LogP contribution in [0, 0.1) is 0 Å². The molecule has 0 fully saturated rings. The van der Waals surface area contributed by atoms with Gasteiger partial charge in [0.1, 0.15) is 5.82 Å². The molecule has 1 aromatic rings. The zero-order chi connectivity index (χ0) is 9.68. The van der Waals surface area contributed by atoms with Gasteiger partial charge in [-0.1, -0.05) is 0 Å². The normalized spacial score (nSPS) is 13.2. The van der Waals surface area contributed by atoms with Crippen molar-refractivity contribution in [2.45, 2.75) is 13.0 Å². The first-order valence-corrected chi connectivity index (χ1v) is 4.45. The lowest BCUT2D eigenvalue weighted by Crippen LogP contribution is -2.24. The highest BCUT2D eigenvalue weighted by Crippen LogP contribution is 2.07. The van der Waals surface area contributed by atoms with Gasteiger partial charge in [-0.25, -0.2) is 4.98 Å². The van der Waals surface area contributed by atoms with Crippen LogP contribution in [0.5, 0.6) is 0 Å². The Morgan fingerprint density at radius 1 is 1.69 bits per heavy atom. The van der Waals surface area contributed by atoms with E-state index >= 15 is 0 Å². The minimum absolute atomic E-state index is 0.273. The molecule has 0 aliphatic rings. The second-order valence-electron chi connectivity index (χ2n) is 3.06. The standard InChI is InChI=1S/C9H17N3O/c1-8(10-5-7-13-3)9-11-4-6-12(9)2/h4,6,8,10H,5,7H2,1-3H3. The topological polar surface area (TPSA) is 39.1 Å². The van der Waals surface area contributed by atoms with Crippen LogP contribution in [0.2, 0.25) is 0 Å². The van der Waals surface area contributed by atoms with Crippen molar-refractivity contribution in [2.75, 3.05) is 20.3 Å². The number of rotatable bonds is 5. The van der Waals surface area contributed by atoms with Crippen molar-refractivity contribution in [1.29, 1.82) is 0 Å². The van der Waals surface area contributed by atoms with Crippen LogP contribution in [-0.4, -0.2) is 29.8 Å². The first-order chi connectivity index (χ1) is 6.25. The van der Waals surface area contributed by atoms with E-state index in [1.165, 1.54) is 0 Å². The zero-order valence-electron chi connectivity index (χ0n) is 8.45. The molecule has 0 saturated carbocycles. The van der Waals surface area contributed by atoms with Crippen LogP contribution in [0.25, 0.3) is 0 Å². The Hall–Kier alpha value is -0.870. The highest BCUT2D eigenvalue weighted by molar-refractivity contribution is 4.96. The molecule has 0 aliphatic carbocycles. The summed E-state index contributed by atoms with van der Waals surface area (Å²) in [4.78, 5) is 4.25. The Morgan fingerprint density at radius 3 is 3.00 bits per heavy atom. The molecule has 0 spiro atoms. The van der Waals surface area contributed by atoms with E-state index in [9.17, 15) is 0 Å². The molecule has 1 atom stereocenters. The van der Waals surface area contributed by atoms with Gasteiger partial charge in [0, 0.05) is 33.1 Å². The summed E-state index contributed by atoms with van der Waals surface area (Å²) >= 11 is 0. The molecule has 0 aromatic carbocycles. The molecule has 1 rings (SSSR count). The molecule has 1 heterocycles. The van der Waals surface area contributed by atoms with E-state index in [2.05, 4.69) is 17.2 Å². The van der Waals surface area contributed by atoms with E-state index in [4.69, 9.17) is 4.74 Å². The van der Waals surface area contributed by atoms with Gasteiger partial charge in [-0.15, -0.1) is 0 Å². The number of ether oxygens (including phenoxy) is 1. The average Bonchev–Trinajstić information content (AvgIpc) is 2.52. The number of nitrogens with one attached hydrogen (secondary N) is 1. The van der Waals surface area contributed by atoms with Crippen LogP contribution < -0.4 is 5.32 Å². The van der Waals surface area contributed by atoms with Crippen molar-refractivity contribution in [3.05, 3.63) is 18.2 Å². The van der Waals surface area contributed by atoms with Crippen molar-refractivity contribution in [2.24, 2.45) is 7.05 Å². The molecule has 4 nitrogen and oxygen atoms in total. The van der Waals surface area contributed by atoms with Gasteiger partial charge in [0.15, 0.2) is 0 Å². The molecule has 0 saturated heterocycles. The lowest BCUT2D eigenvalue weighted by Gasteiger charge is -2.12. The summed E-state index contributed by atoms with van der Waals surface area (Å²) in [7, 11) is 3.70. The molecule has 1 aromatic heterocycles. The van der Waals surface area contributed by atoms with Gasteiger partial charge in [-0.2, -0.15) is 0 Å². The van der Waals surface area contributed by atoms with Crippen molar-refractivity contribution < 1.29 is 4.74 Å². The third-order valence-electron chi connectivity index (χ3n) is 2.00. The van der Waals surface area contributed by atoms with E-state index in [1.807, 2.05) is 24.0 Å². The first-order valence-electron chi connectivity index (χ1n) is 4.45. The molecular weight excluding hydrogens is 166 g/mol. The highest BCUT2D eigenvalue weighted by atomic mass is 16.5. The third-order valence-corrected chi connectivity index (χ3v) is 2.00. The molecular formula is C9H17N3O. The van der Waals surface area contributed by atoms with Crippen LogP contribution in [0.1, 0.15) is 18.8 Å². The first kappa shape index (κ1) is 10.2. The molecule has 13 heavy (non-hydrogen) atoms. The minimum atomic E-state index is 0.273. The summed E-state index contributed by atoms with van der Waals surface area (Å²) in [6, 6.07) is 0.273. The summed E-state index contributed by atoms with van der Waals surface area (Å²) in [6.45, 7) is 3.68. The van der Waals surface area contributed by atoms with Crippen LogP contribution in [0.15, 0.2) is 12.4 Å². The maximum absolute atomic E-state index is 4.95. The van der Waals surface area contributed by atoms with Crippen LogP contribution in [0.4, 0.5) is 0 Å². The van der Waals surface area contributed by atoms with Crippen LogP contribution >= 0.6 is 0 Å². The Balaban J connectivity index is 2.39. The lowest BCUT2D eigenvalue weighted by atomic mass is 10.3. The Labute approximate surface area is 78.9 Å². The number of methoxy groups -OCH3 is 1. The minimum Gasteiger partial charge on any atom is -0.383 e. The number of imidazole rings is 1. The molecule has 0 bridgehead atoms. The molecule has 0 amide bonds. The number of hydrogen-bond acceptors (Lipinski definition) is 3. The fraction of sp³-hybridized carbons (Fsp3) is 0.667. The predicted molar refractivity (Wildman–Crippen MR) is 51.5 cm³/mol. The summed E-state index contributed by atoms with van der Waals surface area (Å²) < 4.78 is 6.97. The summed E-state index contributed by atoms with van der Waals surface area (Å²) in [6.07, 6.45) is 3.76. The number of aromatic nitrogens is 2. The van der Waals surface area contributed by atoms with Gasteiger partial charge >= 0.3 is 0 Å². The molecule has 0 radical (unpaired) electrons. The van der Waals surface area contributed by atoms with Gasteiger partial charge in [0.05, 0.1) is 12.6 Å². The Bertz CT molecular complexity index is 247. The van der Waals surface area contributed by atoms with E-state index < -0.39 is 0 Å². The maximum atomic E-state index is 4.95. The number of aryl methyl sites for hydroxylation is 1. The van der Waals surface area contributed by atoms with Crippen LogP contribution in [0.3, 0.4) is 0 Å². The van der Waals surface area contributed by atoms with E-state index in [1.54, 1.807) is 7.11 Å². The van der Waals surface area contributed by atoms with Gasteiger partial charge in [-0.3, -0.25) is 0 Å². The van der Waals surface area contributed by atoms with Crippen molar-refractivity contribution in [3.63, 3.8) is 0 Å². The molecule has 74 valence electrons. The van der Waals surface area contributed by atoms with Crippen molar-refractivity contribution >= 4 is 0 Å². The fourth-order valence-electron chi connectivity index (χ4n) is 1.26. The smallest absolute Gasteiger partial charge is 0.125 e. The molecule has 1 unspecified atom stereocenters. The fourth-order valence-corrected chi connectivity index (χ4v) is 1.26. The van der Waals surface area contributed by atoms with E-state index in [-0.39, 0.29) is 6.04 Å².